The summed E-state index contributed by atoms with van der Waals surface area (Å²) in [5.74, 6) is 5.78. The van der Waals surface area contributed by atoms with Gasteiger partial charge in [-0.1, -0.05) is 0 Å². The van der Waals surface area contributed by atoms with Gasteiger partial charge in [0, 0.05) is 13.0 Å². The molecule has 0 aromatic carbocycles. The Hall–Kier alpha value is -0.520. The fourth-order valence-electron chi connectivity index (χ4n) is 0.783. The zero-order chi connectivity index (χ0) is 8.53. The van der Waals surface area contributed by atoms with Gasteiger partial charge in [0.05, 0.1) is 12.7 Å². The van der Waals surface area contributed by atoms with E-state index >= 15 is 0 Å². The first-order valence-electron chi connectivity index (χ1n) is 3.97. The van der Waals surface area contributed by atoms with Crippen LogP contribution in [-0.4, -0.2) is 26.3 Å². The van der Waals surface area contributed by atoms with Gasteiger partial charge in [-0.2, -0.15) is 0 Å². The molecule has 64 valence electrons. The lowest BCUT2D eigenvalue weighted by Gasteiger charge is -2.10. The van der Waals surface area contributed by atoms with Crippen LogP contribution in [0.2, 0.25) is 0 Å². The molecule has 0 fully saturated rings. The third kappa shape index (κ3) is 7.38. The summed E-state index contributed by atoms with van der Waals surface area (Å²) in [6, 6.07) is 0. The molecule has 0 aliphatic heterocycles. The minimum absolute atomic E-state index is 0.290. The van der Waals surface area contributed by atoms with Crippen molar-refractivity contribution in [3.05, 3.63) is 0 Å². The SMILES string of the molecule is CC#CCCOC(C)CNC. The Morgan fingerprint density at radius 2 is 2.27 bits per heavy atom. The highest BCUT2D eigenvalue weighted by Gasteiger charge is 1.97. The molecule has 0 radical (unpaired) electrons. The molecule has 0 saturated heterocycles. The van der Waals surface area contributed by atoms with Gasteiger partial charge in [-0.15, -0.1) is 11.8 Å². The molecule has 0 aliphatic rings. The molecule has 0 aromatic heterocycles. The van der Waals surface area contributed by atoms with Gasteiger partial charge in [0.25, 0.3) is 0 Å². The summed E-state index contributed by atoms with van der Waals surface area (Å²) in [7, 11) is 1.92. The van der Waals surface area contributed by atoms with Gasteiger partial charge in [0.1, 0.15) is 0 Å². The van der Waals surface area contributed by atoms with Crippen LogP contribution >= 0.6 is 0 Å². The van der Waals surface area contributed by atoms with Crippen molar-refractivity contribution < 1.29 is 4.74 Å². The first-order chi connectivity index (χ1) is 5.31. The van der Waals surface area contributed by atoms with Gasteiger partial charge in [-0.05, 0) is 20.9 Å². The van der Waals surface area contributed by atoms with E-state index in [1.165, 1.54) is 0 Å². The van der Waals surface area contributed by atoms with Gasteiger partial charge in [-0.3, -0.25) is 0 Å². The molecule has 0 aromatic rings. The maximum absolute atomic E-state index is 5.42. The van der Waals surface area contributed by atoms with Crippen LogP contribution in [0.5, 0.6) is 0 Å². The van der Waals surface area contributed by atoms with Crippen molar-refractivity contribution in [2.45, 2.75) is 26.4 Å². The lowest BCUT2D eigenvalue weighted by molar-refractivity contribution is 0.0716. The van der Waals surface area contributed by atoms with E-state index in [1.54, 1.807) is 0 Å². The van der Waals surface area contributed by atoms with E-state index < -0.39 is 0 Å². The van der Waals surface area contributed by atoms with Crippen LogP contribution in [0.3, 0.4) is 0 Å². The van der Waals surface area contributed by atoms with Crippen molar-refractivity contribution >= 4 is 0 Å². The Bertz CT molecular complexity index is 134. The molecule has 2 heteroatoms. The van der Waals surface area contributed by atoms with E-state index in [4.69, 9.17) is 4.74 Å². The number of hydrogen-bond acceptors (Lipinski definition) is 2. The number of rotatable bonds is 5. The van der Waals surface area contributed by atoms with E-state index in [2.05, 4.69) is 24.1 Å². The fraction of sp³-hybridized carbons (Fsp3) is 0.778. The fourth-order valence-corrected chi connectivity index (χ4v) is 0.783. The summed E-state index contributed by atoms with van der Waals surface area (Å²) < 4.78 is 5.42. The van der Waals surface area contributed by atoms with Gasteiger partial charge in [0.2, 0.25) is 0 Å². The average Bonchev–Trinajstić information content (AvgIpc) is 1.99. The monoisotopic (exact) mass is 155 g/mol. The van der Waals surface area contributed by atoms with Gasteiger partial charge in [-0.25, -0.2) is 0 Å². The van der Waals surface area contributed by atoms with Crippen LogP contribution in [0.25, 0.3) is 0 Å². The Morgan fingerprint density at radius 1 is 1.55 bits per heavy atom. The van der Waals surface area contributed by atoms with Crippen LogP contribution in [0.4, 0.5) is 0 Å². The molecule has 0 aliphatic carbocycles. The minimum atomic E-state index is 0.290. The third-order valence-electron chi connectivity index (χ3n) is 1.30. The van der Waals surface area contributed by atoms with Crippen LogP contribution in [0.15, 0.2) is 0 Å². The van der Waals surface area contributed by atoms with Gasteiger partial charge in [0.15, 0.2) is 0 Å². The first-order valence-corrected chi connectivity index (χ1v) is 3.97. The standard InChI is InChI=1S/C9H17NO/c1-4-5-6-7-11-9(2)8-10-3/h9-10H,6-8H2,1-3H3. The van der Waals surface area contributed by atoms with Crippen LogP contribution in [0, 0.1) is 11.8 Å². The highest BCUT2D eigenvalue weighted by Crippen LogP contribution is 1.89. The van der Waals surface area contributed by atoms with Crippen molar-refractivity contribution in [2.75, 3.05) is 20.2 Å². The van der Waals surface area contributed by atoms with Crippen LogP contribution in [-0.2, 0) is 4.74 Å². The molecule has 1 N–H and O–H groups in total. The molecular weight excluding hydrogens is 138 g/mol. The summed E-state index contributed by atoms with van der Waals surface area (Å²) in [6.07, 6.45) is 1.13. The quantitative estimate of drug-likeness (QED) is 0.473. The molecule has 1 unspecified atom stereocenters. The summed E-state index contributed by atoms with van der Waals surface area (Å²) in [5.41, 5.74) is 0. The van der Waals surface area contributed by atoms with Crippen molar-refractivity contribution in [3.63, 3.8) is 0 Å². The predicted molar refractivity (Wildman–Crippen MR) is 47.4 cm³/mol. The minimum Gasteiger partial charge on any atom is -0.376 e. The molecule has 0 saturated carbocycles. The predicted octanol–water partition coefficient (Wildman–Crippen LogP) is 1.02. The maximum Gasteiger partial charge on any atom is 0.0671 e. The van der Waals surface area contributed by atoms with E-state index in [9.17, 15) is 0 Å². The number of nitrogens with one attached hydrogen (secondary N) is 1. The molecule has 11 heavy (non-hydrogen) atoms. The second-order valence-electron chi connectivity index (χ2n) is 2.42. The van der Waals surface area contributed by atoms with E-state index in [-0.39, 0.29) is 0 Å². The lowest BCUT2D eigenvalue weighted by atomic mass is 10.4. The van der Waals surface area contributed by atoms with Crippen LogP contribution < -0.4 is 5.32 Å². The zero-order valence-electron chi connectivity index (χ0n) is 7.61. The molecule has 0 rings (SSSR count). The van der Waals surface area contributed by atoms with Crippen molar-refractivity contribution in [3.8, 4) is 11.8 Å². The van der Waals surface area contributed by atoms with Gasteiger partial charge >= 0.3 is 0 Å². The Morgan fingerprint density at radius 3 is 2.82 bits per heavy atom. The Balaban J connectivity index is 3.14. The summed E-state index contributed by atoms with van der Waals surface area (Å²) in [4.78, 5) is 0. The Kier molecular flexibility index (Phi) is 7.23. The zero-order valence-corrected chi connectivity index (χ0v) is 7.61. The summed E-state index contributed by atoms with van der Waals surface area (Å²) >= 11 is 0. The summed E-state index contributed by atoms with van der Waals surface area (Å²) in [6.45, 7) is 5.54. The average molecular weight is 155 g/mol. The molecule has 0 amide bonds. The normalized spacial score (nSPS) is 11.9. The van der Waals surface area contributed by atoms with Crippen LogP contribution in [0.1, 0.15) is 20.3 Å². The number of hydrogen-bond donors (Lipinski definition) is 1. The maximum atomic E-state index is 5.42. The van der Waals surface area contributed by atoms with Crippen molar-refractivity contribution in [1.29, 1.82) is 0 Å². The highest BCUT2D eigenvalue weighted by atomic mass is 16.5. The second kappa shape index (κ2) is 7.59. The molecule has 0 spiro atoms. The first kappa shape index (κ1) is 10.5. The molecule has 1 atom stereocenters. The smallest absolute Gasteiger partial charge is 0.0671 e. The highest BCUT2D eigenvalue weighted by molar-refractivity contribution is 4.94. The number of likely N-dealkylation sites (N-methyl/N-ethyl adjacent to an activating group) is 1. The van der Waals surface area contributed by atoms with Crippen molar-refractivity contribution in [1.82, 2.24) is 5.32 Å². The van der Waals surface area contributed by atoms with Crippen molar-refractivity contribution in [2.24, 2.45) is 0 Å². The molecule has 0 heterocycles. The lowest BCUT2D eigenvalue weighted by Crippen LogP contribution is -2.23. The van der Waals surface area contributed by atoms with E-state index in [0.717, 1.165) is 19.6 Å². The summed E-state index contributed by atoms with van der Waals surface area (Å²) in [5, 5.41) is 3.05. The van der Waals surface area contributed by atoms with E-state index in [1.807, 2.05) is 14.0 Å². The second-order valence-corrected chi connectivity index (χ2v) is 2.42. The third-order valence-corrected chi connectivity index (χ3v) is 1.30. The topological polar surface area (TPSA) is 21.3 Å². The largest absolute Gasteiger partial charge is 0.376 e. The molecular formula is C9H17NO. The molecule has 0 bridgehead atoms. The molecule has 2 nitrogen and oxygen atoms in total. The van der Waals surface area contributed by atoms with Gasteiger partial charge < -0.3 is 10.1 Å². The number of ether oxygens (including phenoxy) is 1. The Labute approximate surface area is 69.3 Å². The van der Waals surface area contributed by atoms with E-state index in [0.29, 0.717) is 6.10 Å².